The summed E-state index contributed by atoms with van der Waals surface area (Å²) in [4.78, 5) is 48.2. The number of carbonyl (C=O) groups is 3. The van der Waals surface area contributed by atoms with Crippen LogP contribution in [0.4, 0.5) is 25.8 Å². The number of nitrogens with one attached hydrogen (secondary N) is 1. The van der Waals surface area contributed by atoms with E-state index in [4.69, 9.17) is 28.9 Å². The Morgan fingerprint density at radius 3 is 2.57 bits per heavy atom. The number of anilines is 3. The van der Waals surface area contributed by atoms with Gasteiger partial charge in [0.15, 0.2) is 5.15 Å². The van der Waals surface area contributed by atoms with Gasteiger partial charge in [-0.3, -0.25) is 29.2 Å². The third-order valence-corrected chi connectivity index (χ3v) is 7.21. The molecular formula is C26H25Cl2F2N9O3. The molecule has 2 aliphatic rings. The minimum atomic E-state index is -2.89. The van der Waals surface area contributed by atoms with Gasteiger partial charge in [0.1, 0.15) is 19.1 Å². The van der Waals surface area contributed by atoms with Crippen LogP contribution in [-0.2, 0) is 14.4 Å². The quantitative estimate of drug-likeness (QED) is 0.291. The lowest BCUT2D eigenvalue weighted by Gasteiger charge is -2.44. The Morgan fingerprint density at radius 2 is 1.90 bits per heavy atom. The summed E-state index contributed by atoms with van der Waals surface area (Å²) in [5.41, 5.74) is 7.96. The van der Waals surface area contributed by atoms with Gasteiger partial charge in [0, 0.05) is 41.8 Å². The summed E-state index contributed by atoms with van der Waals surface area (Å²) in [6.07, 6.45) is 2.94. The Balaban J connectivity index is 1.41. The van der Waals surface area contributed by atoms with Crippen molar-refractivity contribution < 1.29 is 23.2 Å². The van der Waals surface area contributed by atoms with Gasteiger partial charge < -0.3 is 16.0 Å². The monoisotopic (exact) mass is 619 g/mol. The van der Waals surface area contributed by atoms with Gasteiger partial charge in [-0.25, -0.2) is 13.5 Å². The molecule has 2 fully saturated rings. The van der Waals surface area contributed by atoms with Crippen molar-refractivity contribution in [3.05, 3.63) is 58.3 Å². The summed E-state index contributed by atoms with van der Waals surface area (Å²) in [6.45, 7) is -2.25. The smallest absolute Gasteiger partial charge is 0.272 e. The second-order valence-electron chi connectivity index (χ2n) is 9.88. The van der Waals surface area contributed by atoms with Crippen molar-refractivity contribution in [3.63, 3.8) is 0 Å². The number of aromatic nitrogens is 3. The number of aliphatic imine (C=N–C) groups is 1. The molecule has 0 radical (unpaired) electrons. The Bertz CT molecular complexity index is 1570. The molecule has 0 aliphatic carbocycles. The lowest BCUT2D eigenvalue weighted by molar-refractivity contribution is -0.153. The Hall–Kier alpha value is -4.14. The van der Waals surface area contributed by atoms with Crippen LogP contribution in [0.15, 0.2) is 47.6 Å². The van der Waals surface area contributed by atoms with Gasteiger partial charge >= 0.3 is 0 Å². The fourth-order valence-electron chi connectivity index (χ4n) is 4.84. The number of nitrogens with zero attached hydrogens (tertiary/aromatic N) is 7. The van der Waals surface area contributed by atoms with Crippen LogP contribution in [0.25, 0.3) is 5.69 Å². The normalized spacial score (nSPS) is 17.9. The van der Waals surface area contributed by atoms with Crippen molar-refractivity contribution in [2.45, 2.75) is 12.0 Å². The maximum atomic E-state index is 13.6. The number of hydrogen-bond donors (Lipinski definition) is 2. The zero-order valence-corrected chi connectivity index (χ0v) is 23.7. The predicted molar refractivity (Wildman–Crippen MR) is 154 cm³/mol. The molecule has 1 aromatic heterocycles. The van der Waals surface area contributed by atoms with Crippen LogP contribution in [0.5, 0.6) is 0 Å². The molecule has 2 aliphatic heterocycles. The third-order valence-electron chi connectivity index (χ3n) is 6.80. The fourth-order valence-corrected chi connectivity index (χ4v) is 5.13. The summed E-state index contributed by atoms with van der Waals surface area (Å²) in [6, 6.07) is 8.17. The van der Waals surface area contributed by atoms with Gasteiger partial charge in [-0.05, 0) is 36.4 Å². The number of amides is 3. The maximum absolute atomic E-state index is 13.6. The molecule has 220 valence electrons. The molecule has 1 unspecified atom stereocenters. The van der Waals surface area contributed by atoms with Crippen LogP contribution in [-0.4, -0.2) is 100 Å². The lowest BCUT2D eigenvalue weighted by Crippen LogP contribution is -2.65. The Kier molecular flexibility index (Phi) is 8.12. The van der Waals surface area contributed by atoms with E-state index in [0.29, 0.717) is 27.6 Å². The van der Waals surface area contributed by atoms with E-state index in [1.807, 2.05) is 0 Å². The van der Waals surface area contributed by atoms with E-state index in [0.717, 1.165) is 4.90 Å². The number of piperazine rings is 1. The van der Waals surface area contributed by atoms with Gasteiger partial charge in [-0.15, -0.1) is 5.10 Å². The topological polar surface area (TPSA) is 142 Å². The number of benzene rings is 2. The van der Waals surface area contributed by atoms with Crippen LogP contribution in [0.3, 0.4) is 0 Å². The summed E-state index contributed by atoms with van der Waals surface area (Å²) >= 11 is 12.1. The van der Waals surface area contributed by atoms with Crippen LogP contribution in [0, 0.1) is 0 Å². The molecule has 1 atom stereocenters. The van der Waals surface area contributed by atoms with Crippen molar-refractivity contribution in [2.75, 3.05) is 55.7 Å². The molecule has 16 heteroatoms. The number of rotatable bonds is 8. The van der Waals surface area contributed by atoms with E-state index in [1.54, 1.807) is 37.4 Å². The number of nitrogens with two attached hydrogens (primary N) is 1. The van der Waals surface area contributed by atoms with Crippen LogP contribution in [0.1, 0.15) is 5.56 Å². The maximum Gasteiger partial charge on any atom is 0.272 e. The van der Waals surface area contributed by atoms with E-state index in [-0.39, 0.29) is 17.4 Å². The van der Waals surface area contributed by atoms with Crippen molar-refractivity contribution >= 4 is 64.2 Å². The fraction of sp³-hybridized carbons (Fsp3) is 0.308. The molecule has 5 rings (SSSR count). The zero-order valence-electron chi connectivity index (χ0n) is 22.2. The highest BCUT2D eigenvalue weighted by Crippen LogP contribution is 2.31. The largest absolute Gasteiger partial charge is 0.398 e. The van der Waals surface area contributed by atoms with Crippen LogP contribution >= 0.6 is 23.2 Å². The van der Waals surface area contributed by atoms with Crippen molar-refractivity contribution in [2.24, 2.45) is 4.99 Å². The SMILES string of the molecule is CN=Cc1cc(NC(=O)C(CN2CC(F)(F)C2)N2CC(=O)N(c3cc(Cl)ccc3-n3cc(Cl)nn3)CC2=O)ccc1N. The highest BCUT2D eigenvalue weighted by molar-refractivity contribution is 6.31. The molecule has 12 nitrogen and oxygen atoms in total. The molecule has 0 spiro atoms. The van der Waals surface area contributed by atoms with Gasteiger partial charge in [-0.1, -0.05) is 28.4 Å². The summed E-state index contributed by atoms with van der Waals surface area (Å²) in [7, 11) is 1.57. The minimum Gasteiger partial charge on any atom is -0.398 e. The number of carbonyl (C=O) groups excluding carboxylic acids is 3. The molecule has 2 aromatic carbocycles. The predicted octanol–water partition coefficient (Wildman–Crippen LogP) is 2.34. The van der Waals surface area contributed by atoms with Gasteiger partial charge in [0.25, 0.3) is 5.92 Å². The number of halogens is 4. The minimum absolute atomic E-state index is 0.115. The third kappa shape index (κ3) is 6.20. The molecule has 42 heavy (non-hydrogen) atoms. The molecule has 3 amide bonds. The molecule has 3 N–H and O–H groups in total. The zero-order chi connectivity index (χ0) is 30.2. The highest BCUT2D eigenvalue weighted by Gasteiger charge is 2.47. The standard InChI is InChI=1S/C26H25Cl2F2N9O3/c1-32-8-15-6-17(3-4-18(15)31)33-25(42)21(9-36-13-26(29,30)14-36)38-12-23(40)37(11-24(38)41)20-7-16(27)2-5-19(20)39-10-22(28)34-35-39/h2-8,10,21H,9,11-14,31H2,1H3,(H,33,42). The van der Waals surface area contributed by atoms with E-state index < -0.39 is 55.9 Å². The molecule has 0 bridgehead atoms. The van der Waals surface area contributed by atoms with E-state index in [9.17, 15) is 23.2 Å². The van der Waals surface area contributed by atoms with E-state index in [1.165, 1.54) is 33.0 Å². The van der Waals surface area contributed by atoms with Crippen molar-refractivity contribution in [1.29, 1.82) is 0 Å². The van der Waals surface area contributed by atoms with Crippen molar-refractivity contribution in [1.82, 2.24) is 24.8 Å². The molecule has 2 saturated heterocycles. The summed E-state index contributed by atoms with van der Waals surface area (Å²) < 4.78 is 28.6. The first-order valence-electron chi connectivity index (χ1n) is 12.6. The van der Waals surface area contributed by atoms with Gasteiger partial charge in [-0.2, -0.15) is 0 Å². The van der Waals surface area contributed by atoms with Crippen molar-refractivity contribution in [3.8, 4) is 5.69 Å². The molecule has 0 saturated carbocycles. The van der Waals surface area contributed by atoms with Gasteiger partial charge in [0.05, 0.1) is 30.7 Å². The van der Waals surface area contributed by atoms with E-state index >= 15 is 0 Å². The Labute approximate surface area is 248 Å². The summed E-state index contributed by atoms with van der Waals surface area (Å²) in [5.74, 6) is -4.63. The Morgan fingerprint density at radius 1 is 1.14 bits per heavy atom. The second-order valence-corrected chi connectivity index (χ2v) is 10.7. The first-order valence-corrected chi connectivity index (χ1v) is 13.4. The highest BCUT2D eigenvalue weighted by atomic mass is 35.5. The molecule has 3 heterocycles. The van der Waals surface area contributed by atoms with Crippen LogP contribution < -0.4 is 16.0 Å². The second kappa shape index (κ2) is 11.6. The summed E-state index contributed by atoms with van der Waals surface area (Å²) in [5, 5.41) is 10.8. The van der Waals surface area contributed by atoms with E-state index in [2.05, 4.69) is 20.6 Å². The molecule has 3 aromatic rings. The first kappa shape index (κ1) is 29.4. The van der Waals surface area contributed by atoms with Crippen LogP contribution in [0.2, 0.25) is 10.2 Å². The first-order chi connectivity index (χ1) is 19.9. The average molecular weight is 620 g/mol. The lowest BCUT2D eigenvalue weighted by atomic mass is 10.1. The van der Waals surface area contributed by atoms with Gasteiger partial charge in [0.2, 0.25) is 17.7 Å². The average Bonchev–Trinajstić information content (AvgIpc) is 3.35. The number of alkyl halides is 2. The molecular weight excluding hydrogens is 595 g/mol. The number of hydrogen-bond acceptors (Lipinski definition) is 8. The number of likely N-dealkylation sites (tertiary alicyclic amines) is 1. The number of nitrogen functional groups attached to an aromatic ring is 1.